The molecule has 18 heavy (non-hydrogen) atoms. The minimum absolute atomic E-state index is 0.0243. The zero-order valence-corrected chi connectivity index (χ0v) is 10.0. The number of carbonyl (C=O) groups is 1. The molecule has 2 aromatic rings. The molecule has 2 nitrogen and oxygen atoms in total. The SMILES string of the molecule is C=C1c2ccccc2C(=O)c2c(O)ccc(C)c21. The van der Waals surface area contributed by atoms with Crippen molar-refractivity contribution in [1.82, 2.24) is 0 Å². The van der Waals surface area contributed by atoms with Crippen LogP contribution in [0.5, 0.6) is 5.75 Å². The van der Waals surface area contributed by atoms with Crippen LogP contribution in [0.2, 0.25) is 0 Å². The number of phenolic OH excluding ortho intramolecular Hbond substituents is 1. The van der Waals surface area contributed by atoms with Gasteiger partial charge >= 0.3 is 0 Å². The highest BCUT2D eigenvalue weighted by molar-refractivity contribution is 6.20. The van der Waals surface area contributed by atoms with Gasteiger partial charge < -0.3 is 5.11 Å². The number of hydrogen-bond acceptors (Lipinski definition) is 2. The molecule has 0 aliphatic heterocycles. The Kier molecular flexibility index (Phi) is 2.14. The molecule has 0 heterocycles. The molecule has 1 N–H and O–H groups in total. The highest BCUT2D eigenvalue weighted by Gasteiger charge is 2.29. The van der Waals surface area contributed by atoms with Gasteiger partial charge in [-0.2, -0.15) is 0 Å². The van der Waals surface area contributed by atoms with Crippen LogP contribution in [0, 0.1) is 6.92 Å². The zero-order chi connectivity index (χ0) is 12.9. The highest BCUT2D eigenvalue weighted by Crippen LogP contribution is 2.40. The van der Waals surface area contributed by atoms with Gasteiger partial charge in [0, 0.05) is 5.56 Å². The Morgan fingerprint density at radius 3 is 2.39 bits per heavy atom. The second-order valence-electron chi connectivity index (χ2n) is 4.50. The molecule has 2 aromatic carbocycles. The number of fused-ring (bicyclic) bond motifs is 2. The Bertz CT molecular complexity index is 636. The number of carbonyl (C=O) groups excluding carboxylic acids is 1. The summed E-state index contributed by atoms with van der Waals surface area (Å²) in [6.45, 7) is 5.99. The van der Waals surface area contributed by atoms with E-state index in [0.29, 0.717) is 11.1 Å². The van der Waals surface area contributed by atoms with Crippen LogP contribution in [-0.2, 0) is 0 Å². The Labute approximate surface area is 105 Å². The van der Waals surface area contributed by atoms with Crippen LogP contribution in [0.4, 0.5) is 0 Å². The second-order valence-corrected chi connectivity index (χ2v) is 4.50. The van der Waals surface area contributed by atoms with Gasteiger partial charge in [0.05, 0.1) is 5.56 Å². The fourth-order valence-electron chi connectivity index (χ4n) is 2.53. The van der Waals surface area contributed by atoms with Gasteiger partial charge in [-0.15, -0.1) is 0 Å². The van der Waals surface area contributed by atoms with E-state index in [2.05, 4.69) is 6.58 Å². The number of hydrogen-bond donors (Lipinski definition) is 1. The molecule has 0 unspecified atom stereocenters. The number of rotatable bonds is 0. The van der Waals surface area contributed by atoms with E-state index in [9.17, 15) is 9.90 Å². The fourth-order valence-corrected chi connectivity index (χ4v) is 2.53. The normalized spacial score (nSPS) is 13.2. The van der Waals surface area contributed by atoms with Crippen molar-refractivity contribution in [3.05, 3.63) is 70.8 Å². The summed E-state index contributed by atoms with van der Waals surface area (Å²) in [7, 11) is 0. The van der Waals surface area contributed by atoms with Gasteiger partial charge in [0.25, 0.3) is 0 Å². The van der Waals surface area contributed by atoms with Crippen LogP contribution >= 0.6 is 0 Å². The number of phenols is 1. The van der Waals surface area contributed by atoms with E-state index in [-0.39, 0.29) is 11.5 Å². The fraction of sp³-hybridized carbons (Fsp3) is 0.0625. The Hall–Kier alpha value is -2.35. The molecule has 0 radical (unpaired) electrons. The van der Waals surface area contributed by atoms with Crippen molar-refractivity contribution in [2.24, 2.45) is 0 Å². The molecular weight excluding hydrogens is 224 g/mol. The van der Waals surface area contributed by atoms with Crippen LogP contribution in [0.25, 0.3) is 5.57 Å². The summed E-state index contributed by atoms with van der Waals surface area (Å²) in [5.74, 6) is -0.106. The van der Waals surface area contributed by atoms with Crippen LogP contribution in [0.1, 0.15) is 32.6 Å². The van der Waals surface area contributed by atoms with Crippen molar-refractivity contribution in [2.75, 3.05) is 0 Å². The lowest BCUT2D eigenvalue weighted by Gasteiger charge is -2.23. The third-order valence-corrected chi connectivity index (χ3v) is 3.42. The lowest BCUT2D eigenvalue weighted by molar-refractivity contribution is 0.103. The molecule has 0 saturated heterocycles. The predicted octanol–water partition coefficient (Wildman–Crippen LogP) is 3.31. The van der Waals surface area contributed by atoms with E-state index in [4.69, 9.17) is 0 Å². The standard InChI is InChI=1S/C16H12O2/c1-9-7-8-13(17)15-14(9)10(2)11-5-3-4-6-12(11)16(15)18/h3-8,17H,2H2,1H3. The maximum Gasteiger partial charge on any atom is 0.198 e. The molecule has 0 atom stereocenters. The average molecular weight is 236 g/mol. The first-order chi connectivity index (χ1) is 8.61. The average Bonchev–Trinajstić information content (AvgIpc) is 2.38. The summed E-state index contributed by atoms with van der Waals surface area (Å²) >= 11 is 0. The quantitative estimate of drug-likeness (QED) is 0.650. The summed E-state index contributed by atoms with van der Waals surface area (Å²) in [6.07, 6.45) is 0. The highest BCUT2D eigenvalue weighted by atomic mass is 16.3. The first kappa shape index (κ1) is 10.8. The van der Waals surface area contributed by atoms with E-state index in [1.54, 1.807) is 18.2 Å². The van der Waals surface area contributed by atoms with Gasteiger partial charge in [0.15, 0.2) is 5.78 Å². The van der Waals surface area contributed by atoms with Crippen LogP contribution in [0.3, 0.4) is 0 Å². The summed E-state index contributed by atoms with van der Waals surface area (Å²) in [5, 5.41) is 9.93. The molecule has 1 aliphatic rings. The van der Waals surface area contributed by atoms with Crippen LogP contribution < -0.4 is 0 Å². The van der Waals surface area contributed by atoms with Crippen molar-refractivity contribution in [2.45, 2.75) is 6.92 Å². The van der Waals surface area contributed by atoms with E-state index >= 15 is 0 Å². The molecule has 3 rings (SSSR count). The van der Waals surface area contributed by atoms with E-state index in [1.165, 1.54) is 0 Å². The predicted molar refractivity (Wildman–Crippen MR) is 70.9 cm³/mol. The minimum Gasteiger partial charge on any atom is -0.507 e. The largest absolute Gasteiger partial charge is 0.507 e. The third-order valence-electron chi connectivity index (χ3n) is 3.42. The number of aryl methyl sites for hydroxylation is 1. The lowest BCUT2D eigenvalue weighted by Crippen LogP contribution is -2.15. The molecule has 0 aromatic heterocycles. The molecule has 2 heteroatoms. The summed E-state index contributed by atoms with van der Waals surface area (Å²) in [5.41, 5.74) is 4.35. The van der Waals surface area contributed by atoms with Crippen LogP contribution in [0.15, 0.2) is 43.0 Å². The van der Waals surface area contributed by atoms with Gasteiger partial charge in [-0.3, -0.25) is 4.79 Å². The molecule has 88 valence electrons. The van der Waals surface area contributed by atoms with E-state index in [1.807, 2.05) is 25.1 Å². The van der Waals surface area contributed by atoms with Crippen molar-refractivity contribution in [3.8, 4) is 5.75 Å². The van der Waals surface area contributed by atoms with E-state index < -0.39 is 0 Å². The molecular formula is C16H12O2. The maximum atomic E-state index is 12.4. The maximum absolute atomic E-state index is 12.4. The van der Waals surface area contributed by atoms with Crippen LogP contribution in [-0.4, -0.2) is 10.9 Å². The van der Waals surface area contributed by atoms with Crippen molar-refractivity contribution in [1.29, 1.82) is 0 Å². The number of aromatic hydroxyl groups is 1. The summed E-state index contributed by atoms with van der Waals surface area (Å²) < 4.78 is 0. The van der Waals surface area contributed by atoms with Crippen molar-refractivity contribution in [3.63, 3.8) is 0 Å². The van der Waals surface area contributed by atoms with Gasteiger partial charge in [-0.1, -0.05) is 36.9 Å². The Morgan fingerprint density at radius 2 is 1.67 bits per heavy atom. The molecule has 0 fully saturated rings. The Balaban J connectivity index is 2.41. The first-order valence-electron chi connectivity index (χ1n) is 5.77. The van der Waals surface area contributed by atoms with Crippen molar-refractivity contribution < 1.29 is 9.90 Å². The Morgan fingerprint density at radius 1 is 1.00 bits per heavy atom. The second kappa shape index (κ2) is 3.57. The minimum atomic E-state index is -0.130. The van der Waals surface area contributed by atoms with Gasteiger partial charge in [-0.05, 0) is 35.3 Å². The molecule has 0 amide bonds. The van der Waals surface area contributed by atoms with Crippen molar-refractivity contribution >= 4 is 11.4 Å². The van der Waals surface area contributed by atoms with Gasteiger partial charge in [0.1, 0.15) is 5.75 Å². The molecule has 0 saturated carbocycles. The molecule has 1 aliphatic carbocycles. The summed E-state index contributed by atoms with van der Waals surface area (Å²) in [4.78, 5) is 12.4. The topological polar surface area (TPSA) is 37.3 Å². The lowest BCUT2D eigenvalue weighted by atomic mass is 9.80. The number of ketones is 1. The third kappa shape index (κ3) is 1.26. The van der Waals surface area contributed by atoms with Gasteiger partial charge in [-0.25, -0.2) is 0 Å². The van der Waals surface area contributed by atoms with Gasteiger partial charge in [0.2, 0.25) is 0 Å². The monoisotopic (exact) mass is 236 g/mol. The molecule has 0 bridgehead atoms. The first-order valence-corrected chi connectivity index (χ1v) is 5.77. The van der Waals surface area contributed by atoms with E-state index in [0.717, 1.165) is 22.3 Å². The number of benzene rings is 2. The molecule has 0 spiro atoms. The smallest absolute Gasteiger partial charge is 0.198 e. The summed E-state index contributed by atoms with van der Waals surface area (Å²) in [6, 6.07) is 10.7. The zero-order valence-electron chi connectivity index (χ0n) is 10.0.